The largest absolute Gasteiger partial charge is 0.382 e. The predicted octanol–water partition coefficient (Wildman–Crippen LogP) is 2.86. The number of halogens is 1. The van der Waals surface area contributed by atoms with Crippen LogP contribution in [0.1, 0.15) is 38.1 Å². The molecule has 0 aromatic carbocycles. The zero-order valence-electron chi connectivity index (χ0n) is 14.6. The van der Waals surface area contributed by atoms with Gasteiger partial charge in [-0.3, -0.25) is 9.48 Å². The van der Waals surface area contributed by atoms with Crippen LogP contribution in [-0.4, -0.2) is 29.6 Å². The van der Waals surface area contributed by atoms with E-state index in [9.17, 15) is 8.68 Å². The van der Waals surface area contributed by atoms with Gasteiger partial charge in [-0.1, -0.05) is 12.8 Å². The van der Waals surface area contributed by atoms with Crippen LogP contribution in [0, 0.1) is 5.92 Å². The van der Waals surface area contributed by atoms with Crippen molar-refractivity contribution >= 4 is 35.1 Å². The zero-order valence-corrected chi connectivity index (χ0v) is 15.4. The molecule has 1 aliphatic rings. The van der Waals surface area contributed by atoms with Crippen molar-refractivity contribution in [3.63, 3.8) is 0 Å². The maximum Gasteiger partial charge on any atom is 0.219 e. The Morgan fingerprint density at radius 1 is 1.37 bits per heavy atom. The van der Waals surface area contributed by atoms with Crippen molar-refractivity contribution < 1.29 is 8.68 Å². The molecule has 1 saturated carbocycles. The molecule has 0 saturated heterocycles. The average Bonchev–Trinajstić information content (AvgIpc) is 3.38. The molecule has 3 heterocycles. The first-order valence-corrected chi connectivity index (χ1v) is 9.50. The van der Waals surface area contributed by atoms with Crippen LogP contribution in [0.15, 0.2) is 24.8 Å². The summed E-state index contributed by atoms with van der Waals surface area (Å²) in [5.41, 5.74) is 13.3. The fraction of sp³-hybridized carbons (Fsp3) is 0.412. The average molecular weight is 389 g/mol. The predicted molar refractivity (Wildman–Crippen MR) is 102 cm³/mol. The molecule has 10 heteroatoms. The highest BCUT2D eigenvalue weighted by Crippen LogP contribution is 2.38. The number of hydrogen-bond donors (Lipinski definition) is 2. The second-order valence-electron chi connectivity index (χ2n) is 6.86. The van der Waals surface area contributed by atoms with Crippen LogP contribution < -0.4 is 11.5 Å². The lowest BCUT2D eigenvalue weighted by Crippen LogP contribution is -2.25. The first-order chi connectivity index (χ1) is 13.1. The standard InChI is InChI=1S/C17H20FN7OS/c18-27-25-6-5-11-15(21-9-22-17(11)25)12-8-24(23-16(12)20)13(7-14(19)26)10-3-1-2-4-10/h5-6,8-10,13H,1-4,7H2,(H2,19,26)(H2,20,23). The van der Waals surface area contributed by atoms with Gasteiger partial charge in [0.25, 0.3) is 0 Å². The molecule has 4 rings (SSSR count). The molecule has 8 nitrogen and oxygen atoms in total. The summed E-state index contributed by atoms with van der Waals surface area (Å²) in [6, 6.07) is 1.62. The van der Waals surface area contributed by atoms with E-state index in [4.69, 9.17) is 11.5 Å². The third kappa shape index (κ3) is 3.25. The number of aromatic nitrogens is 5. The molecule has 1 aliphatic carbocycles. The van der Waals surface area contributed by atoms with Gasteiger partial charge in [0, 0.05) is 24.2 Å². The van der Waals surface area contributed by atoms with E-state index < -0.39 is 0 Å². The van der Waals surface area contributed by atoms with Crippen LogP contribution in [0.5, 0.6) is 0 Å². The van der Waals surface area contributed by atoms with Gasteiger partial charge in [0.05, 0.1) is 17.3 Å². The highest BCUT2D eigenvalue weighted by atomic mass is 32.2. The van der Waals surface area contributed by atoms with Crippen LogP contribution in [-0.2, 0) is 4.79 Å². The van der Waals surface area contributed by atoms with Crippen molar-refractivity contribution in [1.82, 2.24) is 23.7 Å². The lowest BCUT2D eigenvalue weighted by Gasteiger charge is -2.22. The SMILES string of the molecule is NC(=O)CC(C1CCCC1)n1cc(-c2ncnc3c2ccn3SF)c(N)n1. The van der Waals surface area contributed by atoms with Gasteiger partial charge >= 0.3 is 0 Å². The van der Waals surface area contributed by atoms with Crippen molar-refractivity contribution in [3.05, 3.63) is 24.8 Å². The van der Waals surface area contributed by atoms with Gasteiger partial charge in [0.2, 0.25) is 5.91 Å². The van der Waals surface area contributed by atoms with E-state index >= 15 is 0 Å². The van der Waals surface area contributed by atoms with Crippen LogP contribution in [0.25, 0.3) is 22.3 Å². The summed E-state index contributed by atoms with van der Waals surface area (Å²) < 4.78 is 16.1. The maximum atomic E-state index is 13.0. The summed E-state index contributed by atoms with van der Waals surface area (Å²) in [6.07, 6.45) is 9.36. The molecule has 0 radical (unpaired) electrons. The molecule has 3 aromatic rings. The van der Waals surface area contributed by atoms with E-state index in [1.807, 2.05) is 6.20 Å². The van der Waals surface area contributed by atoms with Crippen LogP contribution >= 0.6 is 12.3 Å². The minimum absolute atomic E-state index is 0.0697. The number of fused-ring (bicyclic) bond motifs is 1. The van der Waals surface area contributed by atoms with E-state index in [1.165, 1.54) is 10.3 Å². The van der Waals surface area contributed by atoms with E-state index in [2.05, 4.69) is 15.1 Å². The third-order valence-electron chi connectivity index (χ3n) is 5.23. The Morgan fingerprint density at radius 3 is 2.85 bits per heavy atom. The van der Waals surface area contributed by atoms with E-state index in [0.717, 1.165) is 25.7 Å². The minimum Gasteiger partial charge on any atom is -0.382 e. The van der Waals surface area contributed by atoms with Gasteiger partial charge in [-0.2, -0.15) is 5.10 Å². The van der Waals surface area contributed by atoms with Crippen molar-refractivity contribution in [2.24, 2.45) is 11.7 Å². The minimum atomic E-state index is -0.357. The molecule has 4 N–H and O–H groups in total. The number of carbonyl (C=O) groups excluding carboxylic acids is 1. The van der Waals surface area contributed by atoms with Gasteiger partial charge in [-0.05, 0) is 24.8 Å². The van der Waals surface area contributed by atoms with E-state index in [-0.39, 0.29) is 30.7 Å². The lowest BCUT2D eigenvalue weighted by molar-refractivity contribution is -0.119. The van der Waals surface area contributed by atoms with E-state index in [1.54, 1.807) is 16.9 Å². The van der Waals surface area contributed by atoms with Crippen molar-refractivity contribution in [2.75, 3.05) is 5.73 Å². The normalized spacial score (nSPS) is 16.2. The smallest absolute Gasteiger partial charge is 0.219 e. The Labute approximate surface area is 159 Å². The van der Waals surface area contributed by atoms with Gasteiger partial charge in [-0.15, -0.1) is 3.89 Å². The summed E-state index contributed by atoms with van der Waals surface area (Å²) in [6.45, 7) is 0. The first kappa shape index (κ1) is 17.8. The van der Waals surface area contributed by atoms with Gasteiger partial charge in [-0.25, -0.2) is 13.9 Å². The lowest BCUT2D eigenvalue weighted by atomic mass is 9.95. The maximum absolute atomic E-state index is 13.0. The second-order valence-corrected chi connectivity index (χ2v) is 7.39. The Kier molecular flexibility index (Phi) is 4.73. The molecule has 0 aliphatic heterocycles. The topological polar surface area (TPSA) is 118 Å². The van der Waals surface area contributed by atoms with Gasteiger partial charge in [0.1, 0.15) is 6.33 Å². The molecule has 27 heavy (non-hydrogen) atoms. The van der Waals surface area contributed by atoms with Crippen molar-refractivity contribution in [3.8, 4) is 11.3 Å². The fourth-order valence-electron chi connectivity index (χ4n) is 3.98. The number of anilines is 1. The number of nitrogens with two attached hydrogens (primary N) is 2. The molecule has 0 bridgehead atoms. The first-order valence-electron chi connectivity index (χ1n) is 8.83. The number of nitrogens with zero attached hydrogens (tertiary/aromatic N) is 5. The molecule has 3 aromatic heterocycles. The monoisotopic (exact) mass is 389 g/mol. The third-order valence-corrected chi connectivity index (χ3v) is 5.68. The van der Waals surface area contributed by atoms with Crippen LogP contribution in [0.2, 0.25) is 0 Å². The van der Waals surface area contributed by atoms with Crippen LogP contribution in [0.4, 0.5) is 9.70 Å². The molecular weight excluding hydrogens is 369 g/mol. The summed E-state index contributed by atoms with van der Waals surface area (Å²) >= 11 is 0.0697. The Bertz CT molecular complexity index is 979. The van der Waals surface area contributed by atoms with E-state index in [0.29, 0.717) is 34.0 Å². The zero-order chi connectivity index (χ0) is 19.0. The quantitative estimate of drug-likeness (QED) is 0.669. The summed E-state index contributed by atoms with van der Waals surface area (Å²) in [7, 11) is 0. The molecule has 1 fully saturated rings. The number of nitrogen functional groups attached to an aromatic ring is 1. The Hall–Kier alpha value is -2.62. The molecule has 0 spiro atoms. The Balaban J connectivity index is 1.76. The molecule has 1 unspecified atom stereocenters. The number of carbonyl (C=O) groups is 1. The van der Waals surface area contributed by atoms with Crippen molar-refractivity contribution in [2.45, 2.75) is 38.1 Å². The molecular formula is C17H20FN7OS. The number of hydrogen-bond acceptors (Lipinski definition) is 6. The van der Waals surface area contributed by atoms with Gasteiger partial charge in [0.15, 0.2) is 23.8 Å². The van der Waals surface area contributed by atoms with Crippen LogP contribution in [0.3, 0.4) is 0 Å². The highest BCUT2D eigenvalue weighted by molar-refractivity contribution is 7.92. The molecule has 142 valence electrons. The summed E-state index contributed by atoms with van der Waals surface area (Å²) in [5.74, 6) is 0.297. The summed E-state index contributed by atoms with van der Waals surface area (Å²) in [5, 5.41) is 5.14. The second kappa shape index (κ2) is 7.18. The summed E-state index contributed by atoms with van der Waals surface area (Å²) in [4.78, 5) is 20.1. The number of primary amides is 1. The molecule has 1 atom stereocenters. The van der Waals surface area contributed by atoms with Crippen molar-refractivity contribution in [1.29, 1.82) is 0 Å². The molecule has 1 amide bonds. The number of amides is 1. The van der Waals surface area contributed by atoms with Gasteiger partial charge < -0.3 is 11.5 Å². The number of rotatable bonds is 6. The Morgan fingerprint density at radius 2 is 2.15 bits per heavy atom. The fourth-order valence-corrected chi connectivity index (χ4v) is 4.30. The highest BCUT2D eigenvalue weighted by Gasteiger charge is 2.29.